The Hall–Kier alpha value is -2.19. The van der Waals surface area contributed by atoms with Gasteiger partial charge in [0.1, 0.15) is 17.1 Å². The molecule has 24 heavy (non-hydrogen) atoms. The van der Waals surface area contributed by atoms with Gasteiger partial charge in [0.2, 0.25) is 0 Å². The summed E-state index contributed by atoms with van der Waals surface area (Å²) in [5, 5.41) is -0.774. The molecule has 0 aliphatic heterocycles. The molecule has 2 aromatic carbocycles. The summed E-state index contributed by atoms with van der Waals surface area (Å²) in [4.78, 5) is 13.4. The van der Waals surface area contributed by atoms with Crippen LogP contribution >= 0.6 is 8.46 Å². The van der Waals surface area contributed by atoms with Crippen LogP contribution in [0, 0.1) is 0 Å². The number of carbonyl (C=O) groups excluding carboxylic acids is 1. The Morgan fingerprint density at radius 3 is 1.96 bits per heavy atom. The molecule has 0 bridgehead atoms. The number of carbonyl (C=O) groups is 1. The van der Waals surface area contributed by atoms with Crippen LogP contribution in [0.1, 0.15) is 35.7 Å². The lowest BCUT2D eigenvalue weighted by Gasteiger charge is -2.28. The van der Waals surface area contributed by atoms with Crippen molar-refractivity contribution in [1.29, 1.82) is 0 Å². The monoisotopic (exact) mass is 344 g/mol. The Labute approximate surface area is 144 Å². The fraction of sp³-hybridized carbons (Fsp3) is 0.316. The van der Waals surface area contributed by atoms with E-state index < -0.39 is 11.1 Å². The summed E-state index contributed by atoms with van der Waals surface area (Å²) in [7, 11) is 2.93. The minimum atomic E-state index is -0.774. The molecule has 0 heterocycles. The van der Waals surface area contributed by atoms with Crippen LogP contribution in [0.5, 0.6) is 11.5 Å². The average molecular weight is 344 g/mol. The van der Waals surface area contributed by atoms with Gasteiger partial charge in [-0.05, 0) is 31.5 Å². The molecule has 1 atom stereocenters. The van der Waals surface area contributed by atoms with E-state index in [9.17, 15) is 9.36 Å². The zero-order valence-corrected chi connectivity index (χ0v) is 15.2. The second-order valence-corrected chi connectivity index (χ2v) is 7.33. The van der Waals surface area contributed by atoms with Gasteiger partial charge < -0.3 is 9.47 Å². The van der Waals surface area contributed by atoms with Crippen LogP contribution in [0.15, 0.2) is 48.5 Å². The maximum absolute atomic E-state index is 13.4. The number of hydrogen-bond acceptors (Lipinski definition) is 4. The Morgan fingerprint density at radius 1 is 0.958 bits per heavy atom. The van der Waals surface area contributed by atoms with Crippen LogP contribution in [0.3, 0.4) is 0 Å². The topological polar surface area (TPSA) is 52.6 Å². The van der Waals surface area contributed by atoms with Crippen LogP contribution in [-0.2, 0) is 4.57 Å². The fourth-order valence-electron chi connectivity index (χ4n) is 2.82. The third kappa shape index (κ3) is 3.49. The molecule has 0 radical (unpaired) electrons. The number of methoxy groups -OCH3 is 2. The molecule has 0 amide bonds. The van der Waals surface area contributed by atoms with E-state index in [0.29, 0.717) is 17.1 Å². The predicted molar refractivity (Wildman–Crippen MR) is 94.7 cm³/mol. The Morgan fingerprint density at radius 2 is 1.50 bits per heavy atom. The lowest BCUT2D eigenvalue weighted by atomic mass is 9.81. The van der Waals surface area contributed by atoms with Gasteiger partial charge in [0.15, 0.2) is 14.2 Å². The van der Waals surface area contributed by atoms with Crippen molar-refractivity contribution in [3.63, 3.8) is 0 Å². The first-order valence-electron chi connectivity index (χ1n) is 7.61. The van der Waals surface area contributed by atoms with E-state index in [-0.39, 0.29) is 14.2 Å². The highest BCUT2D eigenvalue weighted by atomic mass is 31.1. The van der Waals surface area contributed by atoms with E-state index in [0.717, 1.165) is 5.56 Å². The number of hydrogen-bond donors (Lipinski definition) is 0. The molecule has 0 spiro atoms. The highest BCUT2D eigenvalue weighted by molar-refractivity contribution is 7.26. The second kappa shape index (κ2) is 7.59. The van der Waals surface area contributed by atoms with Crippen molar-refractivity contribution in [3.05, 3.63) is 59.7 Å². The standard InChI is InChI=1S/C19H21O4P/c1-19(2,24-21)17(13-9-6-5-7-10-13)18(20)16-14(22-3)11-8-12-15(16)23-4/h5-12,17H,1-4H3. The van der Waals surface area contributed by atoms with E-state index in [2.05, 4.69) is 0 Å². The zero-order chi connectivity index (χ0) is 17.7. The molecular formula is C19H21O4P. The molecule has 126 valence electrons. The first-order chi connectivity index (χ1) is 11.5. The summed E-state index contributed by atoms with van der Waals surface area (Å²) in [5.74, 6) is 0.115. The number of ketones is 1. The molecule has 5 heteroatoms. The van der Waals surface area contributed by atoms with E-state index in [1.54, 1.807) is 32.0 Å². The van der Waals surface area contributed by atoms with E-state index in [1.165, 1.54) is 14.2 Å². The van der Waals surface area contributed by atoms with Gasteiger partial charge in [-0.2, -0.15) is 0 Å². The van der Waals surface area contributed by atoms with Crippen LogP contribution in [0.4, 0.5) is 0 Å². The smallest absolute Gasteiger partial charge is 0.179 e. The molecule has 0 aliphatic rings. The van der Waals surface area contributed by atoms with Crippen LogP contribution in [0.2, 0.25) is 0 Å². The highest BCUT2D eigenvalue weighted by Gasteiger charge is 2.39. The molecule has 0 aromatic heterocycles. The van der Waals surface area contributed by atoms with Crippen LogP contribution < -0.4 is 9.47 Å². The van der Waals surface area contributed by atoms with Gasteiger partial charge in [-0.15, -0.1) is 0 Å². The van der Waals surface area contributed by atoms with Crippen molar-refractivity contribution < 1.29 is 18.8 Å². The molecule has 2 aromatic rings. The lowest BCUT2D eigenvalue weighted by molar-refractivity contribution is 0.0938. The van der Waals surface area contributed by atoms with Gasteiger partial charge in [0.05, 0.1) is 25.3 Å². The molecule has 0 saturated heterocycles. The van der Waals surface area contributed by atoms with Gasteiger partial charge >= 0.3 is 0 Å². The number of Topliss-reactive ketones (excluding diaryl/α,β-unsaturated/α-hetero) is 1. The minimum absolute atomic E-state index is 0.101. The van der Waals surface area contributed by atoms with E-state index >= 15 is 0 Å². The molecule has 0 aliphatic carbocycles. The molecular weight excluding hydrogens is 323 g/mol. The van der Waals surface area contributed by atoms with Gasteiger partial charge in [-0.25, -0.2) is 0 Å². The van der Waals surface area contributed by atoms with Crippen molar-refractivity contribution in [2.45, 2.75) is 24.9 Å². The molecule has 4 nitrogen and oxygen atoms in total. The number of ether oxygens (including phenoxy) is 2. The molecule has 2 rings (SSSR count). The average Bonchev–Trinajstić information content (AvgIpc) is 2.61. The second-order valence-electron chi connectivity index (χ2n) is 5.99. The number of benzene rings is 2. The Balaban J connectivity index is 2.64. The van der Waals surface area contributed by atoms with E-state index in [4.69, 9.17) is 9.47 Å². The van der Waals surface area contributed by atoms with Crippen molar-refractivity contribution in [3.8, 4) is 11.5 Å². The van der Waals surface area contributed by atoms with E-state index in [1.807, 2.05) is 30.3 Å². The fourth-order valence-corrected chi connectivity index (χ4v) is 3.19. The maximum Gasteiger partial charge on any atom is 0.179 e. The summed E-state index contributed by atoms with van der Waals surface area (Å²) < 4.78 is 22.5. The molecule has 1 unspecified atom stereocenters. The Kier molecular flexibility index (Phi) is 5.74. The van der Waals surface area contributed by atoms with Gasteiger partial charge in [-0.1, -0.05) is 36.4 Å². The van der Waals surface area contributed by atoms with Gasteiger partial charge in [-0.3, -0.25) is 9.36 Å². The lowest BCUT2D eigenvalue weighted by Crippen LogP contribution is -2.30. The van der Waals surface area contributed by atoms with Crippen LogP contribution in [0.25, 0.3) is 0 Å². The SMILES string of the molecule is COc1cccc(OC)c1C(=O)C(c1ccccc1)C(C)(C)P=O. The maximum atomic E-state index is 13.4. The summed E-state index contributed by atoms with van der Waals surface area (Å²) in [6, 6.07) is 14.6. The third-order valence-corrected chi connectivity index (χ3v) is 4.74. The van der Waals surface area contributed by atoms with Crippen molar-refractivity contribution in [1.82, 2.24) is 0 Å². The largest absolute Gasteiger partial charge is 0.496 e. The van der Waals surface area contributed by atoms with Gasteiger partial charge in [0.25, 0.3) is 0 Å². The first-order valence-corrected chi connectivity index (χ1v) is 8.42. The summed E-state index contributed by atoms with van der Waals surface area (Å²) in [5.41, 5.74) is 1.18. The van der Waals surface area contributed by atoms with Crippen molar-refractivity contribution in [2.75, 3.05) is 14.2 Å². The molecule has 0 fully saturated rings. The summed E-state index contributed by atoms with van der Waals surface area (Å²) >= 11 is 0. The summed E-state index contributed by atoms with van der Waals surface area (Å²) in [6.07, 6.45) is 0. The van der Waals surface area contributed by atoms with Crippen molar-refractivity contribution >= 4 is 14.2 Å². The highest BCUT2D eigenvalue weighted by Crippen LogP contribution is 2.43. The minimum Gasteiger partial charge on any atom is -0.496 e. The Bertz CT molecular complexity index is 703. The summed E-state index contributed by atoms with van der Waals surface area (Å²) in [6.45, 7) is 3.61. The van der Waals surface area contributed by atoms with Crippen molar-refractivity contribution in [2.24, 2.45) is 0 Å². The van der Waals surface area contributed by atoms with Gasteiger partial charge in [0, 0.05) is 0 Å². The number of rotatable bonds is 7. The normalized spacial score (nSPS) is 12.7. The first kappa shape index (κ1) is 18.2. The zero-order valence-electron chi connectivity index (χ0n) is 14.3. The third-order valence-electron chi connectivity index (χ3n) is 4.01. The predicted octanol–water partition coefficient (Wildman–Crippen LogP) is 4.74. The molecule has 0 saturated carbocycles. The molecule has 0 N–H and O–H groups in total. The quantitative estimate of drug-likeness (QED) is 0.538. The van der Waals surface area contributed by atoms with Crippen LogP contribution in [-0.4, -0.2) is 25.2 Å².